The lowest BCUT2D eigenvalue weighted by Crippen LogP contribution is -2.28. The van der Waals surface area contributed by atoms with E-state index in [4.69, 9.17) is 4.74 Å². The second-order valence-corrected chi connectivity index (χ2v) is 5.75. The summed E-state index contributed by atoms with van der Waals surface area (Å²) in [6.07, 6.45) is 2.95. The normalized spacial score (nSPS) is 10.8. The molecule has 1 aromatic carbocycles. The quantitative estimate of drug-likeness (QED) is 0.757. The van der Waals surface area contributed by atoms with Crippen LogP contribution in [0, 0.1) is 0 Å². The zero-order chi connectivity index (χ0) is 14.2. The summed E-state index contributed by atoms with van der Waals surface area (Å²) in [5.74, 6) is -0.0215. The second-order valence-electron chi connectivity index (χ2n) is 4.80. The summed E-state index contributed by atoms with van der Waals surface area (Å²) in [5, 5.41) is 6.23. The summed E-state index contributed by atoms with van der Waals surface area (Å²) in [6.45, 7) is 3.59. The van der Waals surface area contributed by atoms with Crippen molar-refractivity contribution in [2.75, 3.05) is 19.8 Å². The van der Waals surface area contributed by atoms with Gasteiger partial charge in [0.2, 0.25) is 5.91 Å². The molecule has 2 rings (SSSR count). The van der Waals surface area contributed by atoms with Gasteiger partial charge in [-0.15, -0.1) is 11.3 Å². The smallest absolute Gasteiger partial charge is 0.245 e. The first-order valence-corrected chi connectivity index (χ1v) is 7.98. The van der Waals surface area contributed by atoms with Gasteiger partial charge in [-0.1, -0.05) is 25.5 Å². The minimum atomic E-state index is -0.0215. The van der Waals surface area contributed by atoms with E-state index < -0.39 is 0 Å². The lowest BCUT2D eigenvalue weighted by Gasteiger charge is -2.06. The van der Waals surface area contributed by atoms with Gasteiger partial charge in [0.15, 0.2) is 0 Å². The average Bonchev–Trinajstić information content (AvgIpc) is 2.91. The van der Waals surface area contributed by atoms with E-state index in [-0.39, 0.29) is 12.5 Å². The molecular weight excluding hydrogens is 270 g/mol. The number of rotatable bonds is 8. The maximum absolute atomic E-state index is 11.4. The van der Waals surface area contributed by atoms with Crippen molar-refractivity contribution >= 4 is 27.3 Å². The molecule has 0 unspecified atom stereocenters. The largest absolute Gasteiger partial charge is 0.371 e. The Labute approximate surface area is 123 Å². The molecule has 0 fully saturated rings. The zero-order valence-electron chi connectivity index (χ0n) is 11.9. The maximum atomic E-state index is 11.4. The molecule has 108 valence electrons. The van der Waals surface area contributed by atoms with E-state index >= 15 is 0 Å². The fourth-order valence-corrected chi connectivity index (χ4v) is 2.75. The lowest BCUT2D eigenvalue weighted by atomic mass is 10.1. The molecule has 3 nitrogen and oxygen atoms in total. The second kappa shape index (κ2) is 8.02. The van der Waals surface area contributed by atoms with Crippen LogP contribution < -0.4 is 5.32 Å². The van der Waals surface area contributed by atoms with E-state index in [1.807, 2.05) is 0 Å². The van der Waals surface area contributed by atoms with Crippen LogP contribution in [0.5, 0.6) is 0 Å². The molecule has 1 heterocycles. The lowest BCUT2D eigenvalue weighted by molar-refractivity contribution is -0.125. The Bertz CT molecular complexity index is 550. The Hall–Kier alpha value is -1.39. The van der Waals surface area contributed by atoms with Gasteiger partial charge in [0.1, 0.15) is 6.61 Å². The molecule has 0 aliphatic heterocycles. The fourth-order valence-electron chi connectivity index (χ4n) is 1.98. The highest BCUT2D eigenvalue weighted by Crippen LogP contribution is 2.21. The van der Waals surface area contributed by atoms with Crippen LogP contribution in [0.4, 0.5) is 0 Å². The SMILES string of the molecule is CCCCNC(=O)COCCc1ccc2sccc2c1. The van der Waals surface area contributed by atoms with E-state index in [1.54, 1.807) is 11.3 Å². The molecule has 0 aliphatic carbocycles. The molecule has 1 amide bonds. The van der Waals surface area contributed by atoms with Crippen LogP contribution in [0.1, 0.15) is 25.3 Å². The molecule has 1 aromatic heterocycles. The molecular formula is C16H21NO2S. The third-order valence-electron chi connectivity index (χ3n) is 3.14. The number of benzene rings is 1. The van der Waals surface area contributed by atoms with Gasteiger partial charge in [-0.3, -0.25) is 4.79 Å². The monoisotopic (exact) mass is 291 g/mol. The Morgan fingerprint density at radius 2 is 2.25 bits per heavy atom. The van der Waals surface area contributed by atoms with Crippen molar-refractivity contribution in [2.45, 2.75) is 26.2 Å². The summed E-state index contributed by atoms with van der Waals surface area (Å²) in [6, 6.07) is 8.60. The summed E-state index contributed by atoms with van der Waals surface area (Å²) in [5.41, 5.74) is 1.25. The number of nitrogens with one attached hydrogen (secondary N) is 1. The third-order valence-corrected chi connectivity index (χ3v) is 4.04. The minimum Gasteiger partial charge on any atom is -0.371 e. The Balaban J connectivity index is 1.66. The summed E-state index contributed by atoms with van der Waals surface area (Å²) in [7, 11) is 0. The first kappa shape index (κ1) is 15.0. The van der Waals surface area contributed by atoms with E-state index in [0.717, 1.165) is 25.8 Å². The van der Waals surface area contributed by atoms with Crippen molar-refractivity contribution in [3.8, 4) is 0 Å². The first-order valence-electron chi connectivity index (χ1n) is 7.10. The summed E-state index contributed by atoms with van der Waals surface area (Å²) in [4.78, 5) is 11.4. The number of unbranched alkanes of at least 4 members (excludes halogenated alkanes) is 1. The van der Waals surface area contributed by atoms with Gasteiger partial charge < -0.3 is 10.1 Å². The number of hydrogen-bond acceptors (Lipinski definition) is 3. The molecule has 2 aromatic rings. The third kappa shape index (κ3) is 4.62. The van der Waals surface area contributed by atoms with Crippen molar-refractivity contribution in [2.24, 2.45) is 0 Å². The van der Waals surface area contributed by atoms with Gasteiger partial charge in [0, 0.05) is 11.2 Å². The molecule has 0 radical (unpaired) electrons. The van der Waals surface area contributed by atoms with Crippen molar-refractivity contribution in [1.82, 2.24) is 5.32 Å². The number of thiophene rings is 1. The van der Waals surface area contributed by atoms with E-state index in [0.29, 0.717) is 6.61 Å². The highest BCUT2D eigenvalue weighted by atomic mass is 32.1. The maximum Gasteiger partial charge on any atom is 0.245 e. The van der Waals surface area contributed by atoms with Gasteiger partial charge >= 0.3 is 0 Å². The standard InChI is InChI=1S/C16H21NO2S/c1-2-3-8-17-16(18)12-19-9-6-13-4-5-15-14(11-13)7-10-20-15/h4-5,7,10-11H,2-3,6,8-9,12H2,1H3,(H,17,18). The van der Waals surface area contributed by atoms with E-state index in [9.17, 15) is 4.79 Å². The van der Waals surface area contributed by atoms with Gasteiger partial charge in [0.25, 0.3) is 0 Å². The Morgan fingerprint density at radius 3 is 3.10 bits per heavy atom. The number of hydrogen-bond donors (Lipinski definition) is 1. The number of fused-ring (bicyclic) bond motifs is 1. The van der Waals surface area contributed by atoms with Crippen molar-refractivity contribution in [1.29, 1.82) is 0 Å². The zero-order valence-corrected chi connectivity index (χ0v) is 12.7. The molecule has 0 atom stereocenters. The van der Waals surface area contributed by atoms with Crippen molar-refractivity contribution < 1.29 is 9.53 Å². The molecule has 0 spiro atoms. The highest BCUT2D eigenvalue weighted by molar-refractivity contribution is 7.17. The van der Waals surface area contributed by atoms with Crippen LogP contribution in [-0.2, 0) is 16.0 Å². The van der Waals surface area contributed by atoms with E-state index in [1.165, 1.54) is 15.6 Å². The first-order chi connectivity index (χ1) is 9.79. The Morgan fingerprint density at radius 1 is 1.35 bits per heavy atom. The highest BCUT2D eigenvalue weighted by Gasteiger charge is 2.01. The topological polar surface area (TPSA) is 38.3 Å². The van der Waals surface area contributed by atoms with Gasteiger partial charge in [-0.2, -0.15) is 0 Å². The minimum absolute atomic E-state index is 0.0215. The molecule has 0 bridgehead atoms. The van der Waals surface area contributed by atoms with Crippen LogP contribution in [0.3, 0.4) is 0 Å². The average molecular weight is 291 g/mol. The summed E-state index contributed by atoms with van der Waals surface area (Å²) >= 11 is 1.75. The molecule has 20 heavy (non-hydrogen) atoms. The van der Waals surface area contributed by atoms with Gasteiger partial charge in [-0.25, -0.2) is 0 Å². The van der Waals surface area contributed by atoms with Crippen LogP contribution in [0.25, 0.3) is 10.1 Å². The predicted molar refractivity (Wildman–Crippen MR) is 84.3 cm³/mol. The molecule has 0 aliphatic rings. The van der Waals surface area contributed by atoms with Crippen molar-refractivity contribution in [3.63, 3.8) is 0 Å². The molecule has 0 saturated heterocycles. The predicted octanol–water partition coefficient (Wildman–Crippen LogP) is 3.38. The van der Waals surface area contributed by atoms with Crippen LogP contribution in [0.2, 0.25) is 0 Å². The van der Waals surface area contributed by atoms with Gasteiger partial charge in [0.05, 0.1) is 6.61 Å². The molecule has 4 heteroatoms. The van der Waals surface area contributed by atoms with Crippen LogP contribution in [0.15, 0.2) is 29.6 Å². The number of amides is 1. The molecule has 0 saturated carbocycles. The Kier molecular flexibility index (Phi) is 6.02. The molecule has 1 N–H and O–H groups in total. The van der Waals surface area contributed by atoms with Crippen LogP contribution >= 0.6 is 11.3 Å². The summed E-state index contributed by atoms with van der Waals surface area (Å²) < 4.78 is 6.72. The van der Waals surface area contributed by atoms with Crippen molar-refractivity contribution in [3.05, 3.63) is 35.2 Å². The fraction of sp³-hybridized carbons (Fsp3) is 0.438. The van der Waals surface area contributed by atoms with Gasteiger partial charge in [-0.05, 0) is 41.3 Å². The van der Waals surface area contributed by atoms with Crippen LogP contribution in [-0.4, -0.2) is 25.7 Å². The van der Waals surface area contributed by atoms with E-state index in [2.05, 4.69) is 41.9 Å². The number of ether oxygens (including phenoxy) is 1. The number of carbonyl (C=O) groups excluding carboxylic acids is 1. The number of carbonyl (C=O) groups is 1.